The van der Waals surface area contributed by atoms with Crippen LogP contribution in [0.25, 0.3) is 50.0 Å². The zero-order valence-electron chi connectivity index (χ0n) is 21.8. The van der Waals surface area contributed by atoms with Gasteiger partial charge in [-0.25, -0.2) is 0 Å². The Bertz CT molecular complexity index is 1980. The first kappa shape index (κ1) is 21.6. The van der Waals surface area contributed by atoms with Crippen molar-refractivity contribution in [1.82, 2.24) is 0 Å². The molecule has 3 aromatic heterocycles. The Balaban J connectivity index is 1.37. The van der Waals surface area contributed by atoms with Gasteiger partial charge in [0.25, 0.3) is 5.69 Å². The summed E-state index contributed by atoms with van der Waals surface area (Å²) in [4.78, 5) is 0. The van der Waals surface area contributed by atoms with Crippen molar-refractivity contribution < 1.29 is 13.6 Å². The molecule has 0 bridgehead atoms. The van der Waals surface area contributed by atoms with E-state index in [0.717, 1.165) is 27.8 Å². The second-order valence-electron chi connectivity index (χ2n) is 10.8. The number of pyridine rings is 2. The van der Waals surface area contributed by atoms with Crippen LogP contribution in [0.1, 0.15) is 34.2 Å². The molecule has 0 amide bonds. The van der Waals surface area contributed by atoms with Crippen LogP contribution in [0.5, 0.6) is 0 Å². The van der Waals surface area contributed by atoms with Crippen LogP contribution in [0.4, 0.5) is 0 Å². The van der Waals surface area contributed by atoms with E-state index < -0.39 is 0 Å². The second kappa shape index (κ2) is 7.75. The normalized spacial score (nSPS) is 17.5. The van der Waals surface area contributed by atoms with Gasteiger partial charge in [-0.3, -0.25) is 0 Å². The van der Waals surface area contributed by atoms with Crippen molar-refractivity contribution in [3.8, 4) is 22.5 Å². The Morgan fingerprint density at radius 3 is 2.42 bits per heavy atom. The third-order valence-electron chi connectivity index (χ3n) is 8.53. The van der Waals surface area contributed by atoms with Crippen LogP contribution in [0.2, 0.25) is 0 Å². The molecular formula is C35H28N2O+2. The summed E-state index contributed by atoms with van der Waals surface area (Å²) >= 11 is 0. The standard InChI is InChI=1S/C35H28N2O/c1-21-14-15-24-28(19-21)32-29(20-31(32)37-17-7-6-13-30(24)37)23-10-4-5-11-25(23)33-35-27(16-18-36(33)3)26-12-8-9-22(2)34(26)38-35/h4-20,31-32H,1-3H3/q+2. The van der Waals surface area contributed by atoms with Gasteiger partial charge in [-0.1, -0.05) is 54.1 Å². The highest BCUT2D eigenvalue weighted by Gasteiger charge is 2.48. The van der Waals surface area contributed by atoms with E-state index >= 15 is 0 Å². The van der Waals surface area contributed by atoms with Crippen molar-refractivity contribution in [2.75, 3.05) is 0 Å². The summed E-state index contributed by atoms with van der Waals surface area (Å²) in [5.74, 6) is 0.313. The third kappa shape index (κ3) is 2.84. The van der Waals surface area contributed by atoms with Gasteiger partial charge in [0.05, 0.1) is 17.0 Å². The maximum absolute atomic E-state index is 6.62. The first-order valence-electron chi connectivity index (χ1n) is 13.3. The number of para-hydroxylation sites is 1. The third-order valence-corrected chi connectivity index (χ3v) is 8.53. The topological polar surface area (TPSA) is 20.9 Å². The molecule has 8 rings (SSSR count). The number of rotatable bonds is 2. The summed E-state index contributed by atoms with van der Waals surface area (Å²) in [7, 11) is 2.12. The molecule has 3 heteroatoms. The first-order chi connectivity index (χ1) is 18.6. The minimum absolute atomic E-state index is 0.313. The van der Waals surface area contributed by atoms with Gasteiger partial charge in [-0.2, -0.15) is 9.13 Å². The largest absolute Gasteiger partial charge is 0.449 e. The highest BCUT2D eigenvalue weighted by molar-refractivity contribution is 6.09. The fourth-order valence-electron chi connectivity index (χ4n) is 6.71. The molecular weight excluding hydrogens is 464 g/mol. The molecule has 182 valence electrons. The molecule has 1 aliphatic carbocycles. The van der Waals surface area contributed by atoms with E-state index in [9.17, 15) is 0 Å². The zero-order valence-corrected chi connectivity index (χ0v) is 21.8. The molecule has 2 unspecified atom stereocenters. The van der Waals surface area contributed by atoms with Gasteiger partial charge in [0, 0.05) is 29.0 Å². The number of fused-ring (bicyclic) bond motifs is 9. The number of hydrogen-bond donors (Lipinski definition) is 0. The molecule has 0 saturated carbocycles. The van der Waals surface area contributed by atoms with Crippen molar-refractivity contribution in [3.63, 3.8) is 0 Å². The predicted octanol–water partition coefficient (Wildman–Crippen LogP) is 7.38. The molecule has 3 aromatic carbocycles. The summed E-state index contributed by atoms with van der Waals surface area (Å²) in [6.07, 6.45) is 6.85. The molecule has 2 atom stereocenters. The molecule has 0 fully saturated rings. The van der Waals surface area contributed by atoms with Crippen molar-refractivity contribution >= 4 is 27.5 Å². The molecule has 0 saturated heterocycles. The number of aryl methyl sites for hydroxylation is 3. The monoisotopic (exact) mass is 492 g/mol. The lowest BCUT2D eigenvalue weighted by Crippen LogP contribution is -2.50. The minimum Gasteiger partial charge on any atom is -0.449 e. The molecule has 38 heavy (non-hydrogen) atoms. The number of benzene rings is 3. The Morgan fingerprint density at radius 2 is 1.53 bits per heavy atom. The van der Waals surface area contributed by atoms with Crippen LogP contribution in [-0.4, -0.2) is 0 Å². The summed E-state index contributed by atoms with van der Waals surface area (Å²) in [6.45, 7) is 4.32. The maximum Gasteiger partial charge on any atom is 0.256 e. The molecule has 0 spiro atoms. The average Bonchev–Trinajstić information content (AvgIpc) is 3.29. The van der Waals surface area contributed by atoms with E-state index in [1.165, 1.54) is 44.5 Å². The molecule has 3 nitrogen and oxygen atoms in total. The quantitative estimate of drug-likeness (QED) is 0.231. The van der Waals surface area contributed by atoms with E-state index in [1.807, 2.05) is 0 Å². The smallest absolute Gasteiger partial charge is 0.256 e. The summed E-state index contributed by atoms with van der Waals surface area (Å²) in [5, 5.41) is 2.34. The minimum atomic E-state index is 0.313. The van der Waals surface area contributed by atoms with Crippen LogP contribution in [0, 0.1) is 13.8 Å². The van der Waals surface area contributed by atoms with Gasteiger partial charge in [-0.05, 0) is 60.4 Å². The highest BCUT2D eigenvalue weighted by atomic mass is 16.3. The maximum atomic E-state index is 6.62. The van der Waals surface area contributed by atoms with Crippen LogP contribution in [0.3, 0.4) is 0 Å². The fourth-order valence-corrected chi connectivity index (χ4v) is 6.71. The summed E-state index contributed by atoms with van der Waals surface area (Å²) < 4.78 is 11.3. The van der Waals surface area contributed by atoms with Crippen LogP contribution in [0.15, 0.2) is 108 Å². The summed E-state index contributed by atoms with van der Waals surface area (Å²) in [5.41, 5.74) is 13.4. The number of aromatic nitrogens is 2. The number of hydrogen-bond acceptors (Lipinski definition) is 1. The molecule has 0 N–H and O–H groups in total. The lowest BCUT2D eigenvalue weighted by molar-refractivity contribution is -0.708. The van der Waals surface area contributed by atoms with Gasteiger partial charge in [0.15, 0.2) is 18.4 Å². The van der Waals surface area contributed by atoms with E-state index in [-0.39, 0.29) is 0 Å². The SMILES string of the molecule is Cc1ccc2c(c1)C1C(c3ccccc3-c3c4oc5c(C)cccc5c4cc[n+]3C)=CC1[n+]1ccccc1-2. The second-order valence-corrected chi connectivity index (χ2v) is 10.8. The van der Waals surface area contributed by atoms with E-state index in [4.69, 9.17) is 4.42 Å². The van der Waals surface area contributed by atoms with E-state index in [2.05, 4.69) is 133 Å². The molecule has 4 heterocycles. The Morgan fingerprint density at radius 1 is 0.711 bits per heavy atom. The number of nitrogens with zero attached hydrogens (tertiary/aromatic N) is 2. The van der Waals surface area contributed by atoms with Crippen molar-refractivity contribution in [3.05, 3.63) is 126 Å². The predicted molar refractivity (Wildman–Crippen MR) is 152 cm³/mol. The van der Waals surface area contributed by atoms with E-state index in [0.29, 0.717) is 12.0 Å². The molecule has 0 radical (unpaired) electrons. The zero-order chi connectivity index (χ0) is 25.5. The van der Waals surface area contributed by atoms with Crippen molar-refractivity contribution in [1.29, 1.82) is 0 Å². The Kier molecular flexibility index (Phi) is 4.40. The Labute approximate surface area is 221 Å². The lowest BCUT2D eigenvalue weighted by Gasteiger charge is -2.38. The van der Waals surface area contributed by atoms with Gasteiger partial charge < -0.3 is 4.42 Å². The fraction of sp³-hybridized carbons (Fsp3) is 0.143. The first-order valence-corrected chi connectivity index (χ1v) is 13.3. The molecule has 2 aliphatic rings. The number of furan rings is 1. The lowest BCUT2D eigenvalue weighted by atomic mass is 9.67. The van der Waals surface area contributed by atoms with Crippen molar-refractivity contribution in [2.24, 2.45) is 7.05 Å². The van der Waals surface area contributed by atoms with Crippen LogP contribution in [-0.2, 0) is 7.05 Å². The van der Waals surface area contributed by atoms with Gasteiger partial charge in [-0.15, -0.1) is 0 Å². The van der Waals surface area contributed by atoms with Gasteiger partial charge in [0.2, 0.25) is 11.3 Å². The van der Waals surface area contributed by atoms with Crippen LogP contribution >= 0.6 is 0 Å². The highest BCUT2D eigenvalue weighted by Crippen LogP contribution is 2.54. The number of allylic oxidation sites excluding steroid dienone is 2. The Hall–Kier alpha value is -4.50. The van der Waals surface area contributed by atoms with Crippen molar-refractivity contribution in [2.45, 2.75) is 25.8 Å². The molecule has 1 aliphatic heterocycles. The summed E-state index contributed by atoms with van der Waals surface area (Å²) in [6, 6.07) is 31.2. The van der Waals surface area contributed by atoms with Crippen LogP contribution < -0.4 is 9.13 Å². The van der Waals surface area contributed by atoms with E-state index in [1.54, 1.807) is 0 Å². The molecule has 6 aromatic rings. The average molecular weight is 493 g/mol. The van der Waals surface area contributed by atoms with Gasteiger partial charge >= 0.3 is 0 Å². The van der Waals surface area contributed by atoms with Gasteiger partial charge in [0.1, 0.15) is 12.6 Å².